The SMILES string of the molecule is CN=C(NCCN1CCCCCC1)NC1CCN(c2cccs2)CC1.I. The van der Waals surface area contributed by atoms with E-state index < -0.39 is 0 Å². The summed E-state index contributed by atoms with van der Waals surface area (Å²) in [6.07, 6.45) is 7.86. The molecule has 0 amide bonds. The molecule has 0 unspecified atom stereocenters. The van der Waals surface area contributed by atoms with E-state index in [0.29, 0.717) is 6.04 Å². The van der Waals surface area contributed by atoms with Crippen LogP contribution in [0.25, 0.3) is 0 Å². The molecular weight excluding hydrogens is 457 g/mol. The Morgan fingerprint density at radius 3 is 2.50 bits per heavy atom. The number of halogens is 1. The zero-order valence-electron chi connectivity index (χ0n) is 16.0. The third kappa shape index (κ3) is 6.88. The summed E-state index contributed by atoms with van der Waals surface area (Å²) in [5.74, 6) is 0.962. The number of hydrogen-bond donors (Lipinski definition) is 2. The molecule has 3 heterocycles. The number of guanidine groups is 1. The first-order valence-corrected chi connectivity index (χ1v) is 10.7. The van der Waals surface area contributed by atoms with Gasteiger partial charge in [0.05, 0.1) is 5.00 Å². The fourth-order valence-electron chi connectivity index (χ4n) is 3.77. The Morgan fingerprint density at radius 2 is 1.88 bits per heavy atom. The zero-order chi connectivity index (χ0) is 17.3. The van der Waals surface area contributed by atoms with Crippen LogP contribution in [0.4, 0.5) is 5.00 Å². The number of likely N-dealkylation sites (tertiary alicyclic amines) is 1. The fourth-order valence-corrected chi connectivity index (χ4v) is 4.56. The van der Waals surface area contributed by atoms with Gasteiger partial charge >= 0.3 is 0 Å². The molecule has 3 rings (SSSR count). The van der Waals surface area contributed by atoms with Crippen LogP contribution in [0.15, 0.2) is 22.5 Å². The van der Waals surface area contributed by atoms with Gasteiger partial charge in [-0.15, -0.1) is 35.3 Å². The van der Waals surface area contributed by atoms with Gasteiger partial charge in [-0.1, -0.05) is 12.8 Å². The summed E-state index contributed by atoms with van der Waals surface area (Å²) >= 11 is 1.84. The quantitative estimate of drug-likeness (QED) is 0.377. The van der Waals surface area contributed by atoms with E-state index in [9.17, 15) is 0 Å². The van der Waals surface area contributed by atoms with Crippen molar-refractivity contribution in [2.24, 2.45) is 4.99 Å². The van der Waals surface area contributed by atoms with Crippen LogP contribution < -0.4 is 15.5 Å². The smallest absolute Gasteiger partial charge is 0.191 e. The zero-order valence-corrected chi connectivity index (χ0v) is 19.1. The molecule has 148 valence electrons. The number of anilines is 1. The lowest BCUT2D eigenvalue weighted by atomic mass is 10.1. The Balaban J connectivity index is 0.00000243. The molecule has 2 fully saturated rings. The minimum absolute atomic E-state index is 0. The maximum atomic E-state index is 4.42. The van der Waals surface area contributed by atoms with Crippen molar-refractivity contribution in [2.75, 3.05) is 51.2 Å². The van der Waals surface area contributed by atoms with Crippen molar-refractivity contribution in [3.05, 3.63) is 17.5 Å². The lowest BCUT2D eigenvalue weighted by molar-refractivity contribution is 0.289. The number of thiophene rings is 1. The van der Waals surface area contributed by atoms with Gasteiger partial charge in [-0.2, -0.15) is 0 Å². The highest BCUT2D eigenvalue weighted by Crippen LogP contribution is 2.24. The maximum absolute atomic E-state index is 4.42. The average molecular weight is 491 g/mol. The normalized spacial score (nSPS) is 20.3. The first-order valence-electron chi connectivity index (χ1n) is 9.83. The number of piperidine rings is 1. The van der Waals surface area contributed by atoms with Crippen LogP contribution in [0.2, 0.25) is 0 Å². The number of hydrogen-bond acceptors (Lipinski definition) is 4. The lowest BCUT2D eigenvalue weighted by Crippen LogP contribution is -2.49. The molecule has 0 atom stereocenters. The predicted octanol–water partition coefficient (Wildman–Crippen LogP) is 3.38. The number of rotatable bonds is 5. The first-order chi connectivity index (χ1) is 12.3. The van der Waals surface area contributed by atoms with Crippen molar-refractivity contribution in [3.8, 4) is 0 Å². The third-order valence-electron chi connectivity index (χ3n) is 5.30. The van der Waals surface area contributed by atoms with Gasteiger partial charge in [0.2, 0.25) is 0 Å². The number of aliphatic imine (C=N–C) groups is 1. The fraction of sp³-hybridized carbons (Fsp3) is 0.737. The molecule has 2 aliphatic rings. The Bertz CT molecular complexity index is 506. The first kappa shape index (κ1) is 21.8. The highest BCUT2D eigenvalue weighted by atomic mass is 127. The summed E-state index contributed by atoms with van der Waals surface area (Å²) < 4.78 is 0. The summed E-state index contributed by atoms with van der Waals surface area (Å²) in [4.78, 5) is 9.51. The van der Waals surface area contributed by atoms with Crippen molar-refractivity contribution in [3.63, 3.8) is 0 Å². The van der Waals surface area contributed by atoms with E-state index in [0.717, 1.165) is 32.1 Å². The van der Waals surface area contributed by atoms with E-state index in [1.165, 1.54) is 56.6 Å². The van der Waals surface area contributed by atoms with Gasteiger partial charge in [-0.05, 0) is 56.3 Å². The average Bonchev–Trinajstić information content (AvgIpc) is 3.06. The van der Waals surface area contributed by atoms with Gasteiger partial charge in [0.25, 0.3) is 0 Å². The summed E-state index contributed by atoms with van der Waals surface area (Å²) in [7, 11) is 1.88. The van der Waals surface area contributed by atoms with Gasteiger partial charge in [-0.3, -0.25) is 4.99 Å². The second kappa shape index (κ2) is 12.0. The summed E-state index contributed by atoms with van der Waals surface area (Å²) in [5.41, 5.74) is 0. The molecule has 2 saturated heterocycles. The van der Waals surface area contributed by atoms with E-state index in [1.54, 1.807) is 0 Å². The highest BCUT2D eigenvalue weighted by molar-refractivity contribution is 14.0. The van der Waals surface area contributed by atoms with Gasteiger partial charge in [0.15, 0.2) is 5.96 Å². The lowest BCUT2D eigenvalue weighted by Gasteiger charge is -2.33. The Morgan fingerprint density at radius 1 is 1.15 bits per heavy atom. The van der Waals surface area contributed by atoms with Crippen molar-refractivity contribution in [2.45, 2.75) is 44.6 Å². The molecule has 0 spiro atoms. The van der Waals surface area contributed by atoms with E-state index in [-0.39, 0.29) is 24.0 Å². The molecule has 0 aromatic carbocycles. The predicted molar refractivity (Wildman–Crippen MR) is 124 cm³/mol. The van der Waals surface area contributed by atoms with Gasteiger partial charge in [-0.25, -0.2) is 0 Å². The van der Waals surface area contributed by atoms with Crippen molar-refractivity contribution in [1.29, 1.82) is 0 Å². The molecule has 0 aliphatic carbocycles. The number of nitrogens with one attached hydrogen (secondary N) is 2. The van der Waals surface area contributed by atoms with Crippen LogP contribution in [0.3, 0.4) is 0 Å². The van der Waals surface area contributed by atoms with E-state index in [2.05, 4.69) is 42.9 Å². The largest absolute Gasteiger partial charge is 0.363 e. The van der Waals surface area contributed by atoms with Crippen molar-refractivity contribution >= 4 is 46.3 Å². The Hall–Kier alpha value is -0.540. The minimum atomic E-state index is 0. The van der Waals surface area contributed by atoms with Gasteiger partial charge < -0.3 is 20.4 Å². The minimum Gasteiger partial charge on any atom is -0.363 e. The standard InChI is InChI=1S/C19H33N5S.HI/c1-20-19(21-10-15-23-11-4-2-3-5-12-23)22-17-8-13-24(14-9-17)18-7-6-16-25-18;/h6-7,16-17H,2-5,8-15H2,1H3,(H2,20,21,22);1H. The van der Waals surface area contributed by atoms with E-state index in [4.69, 9.17) is 0 Å². The molecule has 0 saturated carbocycles. The second-order valence-corrected chi connectivity index (χ2v) is 8.04. The van der Waals surface area contributed by atoms with Crippen LogP contribution in [-0.4, -0.2) is 63.2 Å². The molecular formula is C19H34IN5S. The highest BCUT2D eigenvalue weighted by Gasteiger charge is 2.20. The molecule has 26 heavy (non-hydrogen) atoms. The van der Waals surface area contributed by atoms with E-state index in [1.807, 2.05) is 18.4 Å². The third-order valence-corrected chi connectivity index (χ3v) is 6.23. The molecule has 7 heteroatoms. The maximum Gasteiger partial charge on any atom is 0.191 e. The second-order valence-electron chi connectivity index (χ2n) is 7.11. The van der Waals surface area contributed by atoms with Crippen molar-refractivity contribution < 1.29 is 0 Å². The number of nitrogens with zero attached hydrogens (tertiary/aromatic N) is 3. The van der Waals surface area contributed by atoms with Crippen LogP contribution in [-0.2, 0) is 0 Å². The molecule has 1 aromatic rings. The topological polar surface area (TPSA) is 42.9 Å². The van der Waals surface area contributed by atoms with Gasteiger partial charge in [0.1, 0.15) is 0 Å². The van der Waals surface area contributed by atoms with Crippen LogP contribution in [0, 0.1) is 0 Å². The molecule has 2 N–H and O–H groups in total. The monoisotopic (exact) mass is 491 g/mol. The van der Waals surface area contributed by atoms with Crippen LogP contribution >= 0.6 is 35.3 Å². The summed E-state index contributed by atoms with van der Waals surface area (Å²) in [6.45, 7) is 6.88. The molecule has 2 aliphatic heterocycles. The van der Waals surface area contributed by atoms with Crippen molar-refractivity contribution in [1.82, 2.24) is 15.5 Å². The Labute approximate surface area is 179 Å². The van der Waals surface area contributed by atoms with Crippen LogP contribution in [0.1, 0.15) is 38.5 Å². The molecule has 0 radical (unpaired) electrons. The van der Waals surface area contributed by atoms with E-state index >= 15 is 0 Å². The van der Waals surface area contributed by atoms with Gasteiger partial charge in [0, 0.05) is 39.3 Å². The molecule has 0 bridgehead atoms. The molecule has 5 nitrogen and oxygen atoms in total. The Kier molecular flexibility index (Phi) is 10.1. The summed E-state index contributed by atoms with van der Waals surface area (Å²) in [6, 6.07) is 4.89. The van der Waals surface area contributed by atoms with Crippen LogP contribution in [0.5, 0.6) is 0 Å². The molecule has 1 aromatic heterocycles. The summed E-state index contributed by atoms with van der Waals surface area (Å²) in [5, 5.41) is 10.7.